The molecule has 0 saturated heterocycles. The number of amides is 3. The first-order valence-electron chi connectivity index (χ1n) is 10.7. The number of hydrogen-bond acceptors (Lipinski definition) is 6. The minimum atomic E-state index is -0.742. The van der Waals surface area contributed by atoms with E-state index in [-0.39, 0.29) is 12.8 Å². The molecular formula is C25H20BrCl2N3O6. The fourth-order valence-corrected chi connectivity index (χ4v) is 3.50. The van der Waals surface area contributed by atoms with Crippen LogP contribution in [0.1, 0.15) is 23.2 Å². The Morgan fingerprint density at radius 3 is 2.19 bits per heavy atom. The van der Waals surface area contributed by atoms with Gasteiger partial charge in [0.15, 0.2) is 6.61 Å². The second-order valence-electron chi connectivity index (χ2n) is 7.42. The van der Waals surface area contributed by atoms with E-state index >= 15 is 0 Å². The largest absolute Gasteiger partial charge is 0.456 e. The van der Waals surface area contributed by atoms with E-state index in [2.05, 4.69) is 32.1 Å². The number of benzene rings is 3. The number of anilines is 1. The monoisotopic (exact) mass is 607 g/mol. The van der Waals surface area contributed by atoms with Crippen LogP contribution in [0, 0.1) is 0 Å². The number of carbonyl (C=O) groups is 4. The lowest BCUT2D eigenvalue weighted by molar-refractivity contribution is -0.149. The Morgan fingerprint density at radius 1 is 0.811 bits per heavy atom. The van der Waals surface area contributed by atoms with Crippen LogP contribution < -0.4 is 20.9 Å². The molecule has 3 aromatic carbocycles. The molecule has 0 radical (unpaired) electrons. The number of ether oxygens (including phenoxy) is 2. The van der Waals surface area contributed by atoms with Crippen molar-refractivity contribution in [2.45, 2.75) is 12.8 Å². The van der Waals surface area contributed by atoms with Crippen LogP contribution in [0.2, 0.25) is 10.0 Å². The Balaban J connectivity index is 1.34. The van der Waals surface area contributed by atoms with E-state index in [0.717, 1.165) is 4.47 Å². The molecule has 0 unspecified atom stereocenters. The van der Waals surface area contributed by atoms with Crippen molar-refractivity contribution < 1.29 is 28.7 Å². The second-order valence-corrected chi connectivity index (χ2v) is 9.18. The van der Waals surface area contributed by atoms with Gasteiger partial charge in [0.05, 0.1) is 11.4 Å². The minimum Gasteiger partial charge on any atom is -0.456 e. The fourth-order valence-electron chi connectivity index (χ4n) is 2.78. The lowest BCUT2D eigenvalue weighted by Gasteiger charge is -2.10. The molecule has 12 heteroatoms. The van der Waals surface area contributed by atoms with Crippen LogP contribution >= 0.6 is 39.1 Å². The number of hydrogen-bond donors (Lipinski definition) is 3. The normalized spacial score (nSPS) is 10.2. The summed E-state index contributed by atoms with van der Waals surface area (Å²) in [6.07, 6.45) is -0.389. The van der Waals surface area contributed by atoms with E-state index in [1.54, 1.807) is 66.7 Å². The molecule has 0 spiro atoms. The molecule has 3 rings (SSSR count). The summed E-state index contributed by atoms with van der Waals surface area (Å²) in [5.41, 5.74) is 5.18. The van der Waals surface area contributed by atoms with Crippen molar-refractivity contribution in [1.29, 1.82) is 0 Å². The Hall–Kier alpha value is -3.60. The summed E-state index contributed by atoms with van der Waals surface area (Å²) in [5.74, 6) is -1.49. The molecule has 9 nitrogen and oxygen atoms in total. The average molecular weight is 609 g/mol. The molecule has 0 aliphatic heterocycles. The summed E-state index contributed by atoms with van der Waals surface area (Å²) in [7, 11) is 0. The number of esters is 1. The molecule has 3 amide bonds. The van der Waals surface area contributed by atoms with Gasteiger partial charge in [-0.1, -0.05) is 39.1 Å². The van der Waals surface area contributed by atoms with Crippen molar-refractivity contribution in [2.24, 2.45) is 0 Å². The van der Waals surface area contributed by atoms with Gasteiger partial charge in [0.2, 0.25) is 5.91 Å². The van der Waals surface area contributed by atoms with Gasteiger partial charge in [-0.15, -0.1) is 0 Å². The van der Waals surface area contributed by atoms with E-state index in [1.807, 2.05) is 0 Å². The summed E-state index contributed by atoms with van der Waals surface area (Å²) >= 11 is 15.2. The number of nitrogens with one attached hydrogen (secondary N) is 3. The highest BCUT2D eigenvalue weighted by atomic mass is 79.9. The van der Waals surface area contributed by atoms with Crippen LogP contribution in [0.15, 0.2) is 71.2 Å². The third-order valence-electron chi connectivity index (χ3n) is 4.60. The van der Waals surface area contributed by atoms with Gasteiger partial charge < -0.3 is 14.8 Å². The zero-order valence-corrected chi connectivity index (χ0v) is 22.2. The topological polar surface area (TPSA) is 123 Å². The quantitative estimate of drug-likeness (QED) is 0.225. The molecule has 0 bridgehead atoms. The molecule has 37 heavy (non-hydrogen) atoms. The molecule has 192 valence electrons. The van der Waals surface area contributed by atoms with Crippen molar-refractivity contribution in [3.8, 4) is 11.5 Å². The lowest BCUT2D eigenvalue weighted by atomic mass is 10.2. The average Bonchev–Trinajstić information content (AvgIpc) is 2.88. The van der Waals surface area contributed by atoms with E-state index < -0.39 is 30.3 Å². The highest BCUT2D eigenvalue weighted by Crippen LogP contribution is 2.32. The molecule has 3 N–H and O–H groups in total. The first-order valence-corrected chi connectivity index (χ1v) is 12.3. The van der Waals surface area contributed by atoms with Crippen LogP contribution in [0.25, 0.3) is 0 Å². The molecular weight excluding hydrogens is 589 g/mol. The zero-order valence-electron chi connectivity index (χ0n) is 19.1. The molecule has 0 atom stereocenters. The first-order chi connectivity index (χ1) is 17.7. The maximum Gasteiger partial charge on any atom is 0.306 e. The molecule has 0 aliphatic rings. The second kappa shape index (κ2) is 13.6. The zero-order chi connectivity index (χ0) is 26.8. The van der Waals surface area contributed by atoms with Crippen LogP contribution in [0.4, 0.5) is 5.69 Å². The summed E-state index contributed by atoms with van der Waals surface area (Å²) in [6, 6.07) is 17.9. The highest BCUT2D eigenvalue weighted by molar-refractivity contribution is 9.10. The van der Waals surface area contributed by atoms with Crippen molar-refractivity contribution in [2.75, 3.05) is 11.9 Å². The van der Waals surface area contributed by atoms with E-state index in [1.165, 1.54) is 0 Å². The predicted octanol–water partition coefficient (Wildman–Crippen LogP) is 5.27. The standard InChI is InChI=1S/C25H20BrCl2N3O6/c26-16-3-1-15(2-4-16)25(35)31-30-23(33)14-36-24(34)12-11-22(32)29-18-6-8-19(9-7-18)37-21-10-5-17(27)13-20(21)28/h1-10,13H,11-12,14H2,(H,29,32)(H,30,33)(H,31,35). The maximum absolute atomic E-state index is 12.1. The molecule has 0 fully saturated rings. The SMILES string of the molecule is O=C(COC(=O)CCC(=O)Nc1ccc(Oc2ccc(Cl)cc2Cl)cc1)NNC(=O)c1ccc(Br)cc1. The van der Waals surface area contributed by atoms with Gasteiger partial charge in [0, 0.05) is 27.2 Å². The highest BCUT2D eigenvalue weighted by Gasteiger charge is 2.12. The van der Waals surface area contributed by atoms with E-state index in [0.29, 0.717) is 32.8 Å². The minimum absolute atomic E-state index is 0.153. The summed E-state index contributed by atoms with van der Waals surface area (Å²) in [4.78, 5) is 47.7. The Morgan fingerprint density at radius 2 is 1.51 bits per heavy atom. The number of hydrazine groups is 1. The van der Waals surface area contributed by atoms with Crippen molar-refractivity contribution in [3.63, 3.8) is 0 Å². The number of halogens is 3. The van der Waals surface area contributed by atoms with Gasteiger partial charge in [0.25, 0.3) is 11.8 Å². The van der Waals surface area contributed by atoms with Gasteiger partial charge in [-0.25, -0.2) is 0 Å². The summed E-state index contributed by atoms with van der Waals surface area (Å²) < 4.78 is 11.3. The summed E-state index contributed by atoms with van der Waals surface area (Å²) in [5, 5.41) is 3.50. The van der Waals surface area contributed by atoms with Crippen LogP contribution in [-0.4, -0.2) is 30.3 Å². The molecule has 0 aliphatic carbocycles. The van der Waals surface area contributed by atoms with Gasteiger partial charge in [-0.05, 0) is 66.7 Å². The van der Waals surface area contributed by atoms with Gasteiger partial charge >= 0.3 is 5.97 Å². The van der Waals surface area contributed by atoms with Gasteiger partial charge in [-0.3, -0.25) is 30.0 Å². The number of rotatable bonds is 9. The Bertz CT molecular complexity index is 1290. The first kappa shape index (κ1) is 28.0. The van der Waals surface area contributed by atoms with Crippen molar-refractivity contribution >= 4 is 68.5 Å². The van der Waals surface area contributed by atoms with Crippen LogP contribution in [-0.2, 0) is 19.1 Å². The molecule has 3 aromatic rings. The van der Waals surface area contributed by atoms with Crippen LogP contribution in [0.3, 0.4) is 0 Å². The van der Waals surface area contributed by atoms with Gasteiger partial charge in [-0.2, -0.15) is 0 Å². The third-order valence-corrected chi connectivity index (χ3v) is 5.66. The van der Waals surface area contributed by atoms with Crippen molar-refractivity contribution in [1.82, 2.24) is 10.9 Å². The predicted molar refractivity (Wildman–Crippen MR) is 142 cm³/mol. The Labute approximate surface area is 230 Å². The van der Waals surface area contributed by atoms with E-state index in [9.17, 15) is 19.2 Å². The van der Waals surface area contributed by atoms with Crippen molar-refractivity contribution in [3.05, 3.63) is 86.8 Å². The smallest absolute Gasteiger partial charge is 0.306 e. The molecule has 0 heterocycles. The Kier molecular flexibility index (Phi) is 10.3. The summed E-state index contributed by atoms with van der Waals surface area (Å²) in [6.45, 7) is -0.611. The maximum atomic E-state index is 12.1. The van der Waals surface area contributed by atoms with Crippen LogP contribution in [0.5, 0.6) is 11.5 Å². The van der Waals surface area contributed by atoms with E-state index in [4.69, 9.17) is 32.7 Å². The third kappa shape index (κ3) is 9.41. The molecule has 0 saturated carbocycles. The number of carbonyl (C=O) groups excluding carboxylic acids is 4. The lowest BCUT2D eigenvalue weighted by Crippen LogP contribution is -2.43. The molecule has 0 aromatic heterocycles. The fraction of sp³-hybridized carbons (Fsp3) is 0.120. The van der Waals surface area contributed by atoms with Gasteiger partial charge in [0.1, 0.15) is 11.5 Å².